The lowest BCUT2D eigenvalue weighted by molar-refractivity contribution is -0.292. The average Bonchev–Trinajstić information content (AvgIpc) is 3.53. The third-order valence-electron chi connectivity index (χ3n) is 8.73. The van der Waals surface area contributed by atoms with Crippen LogP contribution in [0.5, 0.6) is 5.88 Å². The van der Waals surface area contributed by atoms with Gasteiger partial charge in [-0.2, -0.15) is 18.3 Å². The van der Waals surface area contributed by atoms with Crippen molar-refractivity contribution >= 4 is 11.8 Å². The van der Waals surface area contributed by atoms with Gasteiger partial charge in [0, 0.05) is 35.7 Å². The van der Waals surface area contributed by atoms with E-state index in [1.807, 2.05) is 0 Å². The summed E-state index contributed by atoms with van der Waals surface area (Å²) in [7, 11) is 1.41. The maximum absolute atomic E-state index is 14.4. The third-order valence-corrected chi connectivity index (χ3v) is 8.73. The molecule has 0 aromatic carbocycles. The van der Waals surface area contributed by atoms with Gasteiger partial charge in [0.25, 0.3) is 5.91 Å². The van der Waals surface area contributed by atoms with Crippen molar-refractivity contribution < 1.29 is 41.7 Å². The summed E-state index contributed by atoms with van der Waals surface area (Å²) in [4.78, 5) is 32.2. The van der Waals surface area contributed by atoms with Crippen LogP contribution in [-0.2, 0) is 9.53 Å². The first kappa shape index (κ1) is 30.2. The van der Waals surface area contributed by atoms with E-state index in [9.17, 15) is 32.3 Å². The Kier molecular flexibility index (Phi) is 8.23. The predicted molar refractivity (Wildman–Crippen MR) is 141 cm³/mol. The van der Waals surface area contributed by atoms with Gasteiger partial charge in [-0.05, 0) is 64.4 Å². The van der Waals surface area contributed by atoms with Gasteiger partial charge in [0.05, 0.1) is 31.7 Å². The van der Waals surface area contributed by atoms with Crippen LogP contribution in [0.15, 0.2) is 18.3 Å². The van der Waals surface area contributed by atoms with Gasteiger partial charge in [-0.1, -0.05) is 0 Å². The first-order valence-corrected chi connectivity index (χ1v) is 14.1. The highest BCUT2D eigenvalue weighted by molar-refractivity contribution is 5.94. The molecule has 0 bridgehead atoms. The largest absolute Gasteiger partial charge is 0.481 e. The highest BCUT2D eigenvalue weighted by atomic mass is 19.4. The molecule has 2 atom stereocenters. The standard InChI is InChI=1S/C28H35F4N5O5/c1-16(38)15-42-27(28(30,31)32)6-3-18(4-7-27)34-24(39)17-5-10-37(26(13-17)8-9-26)25(40)22-12-21(35-36-22)19-11-23(41-2)33-14-20(19)29/h11-12,14,16-18,38H,3-10,13,15H2,1-2H3,(H,34,39)(H,35,36)/t16-,17-,18-,27-/m0/s1. The second-order valence-electron chi connectivity index (χ2n) is 11.7. The molecule has 0 unspecified atom stereocenters. The van der Waals surface area contributed by atoms with Crippen LogP contribution < -0.4 is 10.1 Å². The van der Waals surface area contributed by atoms with E-state index in [4.69, 9.17) is 9.47 Å². The molecule has 3 heterocycles. The number of amides is 2. The zero-order valence-electron chi connectivity index (χ0n) is 23.5. The molecule has 2 aromatic heterocycles. The number of aromatic amines is 1. The normalized spacial score (nSPS) is 26.1. The van der Waals surface area contributed by atoms with E-state index in [1.54, 1.807) is 4.90 Å². The van der Waals surface area contributed by atoms with Gasteiger partial charge in [-0.15, -0.1) is 0 Å². The summed E-state index contributed by atoms with van der Waals surface area (Å²) in [6.07, 6.45) is -2.63. The van der Waals surface area contributed by atoms with Crippen LogP contribution in [0, 0.1) is 11.7 Å². The number of carbonyl (C=O) groups is 2. The molecule has 3 N–H and O–H groups in total. The molecule has 2 saturated carbocycles. The van der Waals surface area contributed by atoms with E-state index in [1.165, 1.54) is 26.2 Å². The monoisotopic (exact) mass is 597 g/mol. The van der Waals surface area contributed by atoms with Crippen molar-refractivity contribution in [3.63, 3.8) is 0 Å². The molecular formula is C28H35F4N5O5. The molecule has 2 amide bonds. The van der Waals surface area contributed by atoms with Gasteiger partial charge in [-0.3, -0.25) is 14.7 Å². The molecule has 10 nitrogen and oxygen atoms in total. The van der Waals surface area contributed by atoms with Gasteiger partial charge in [0.1, 0.15) is 0 Å². The third kappa shape index (κ3) is 5.96. The molecule has 5 rings (SSSR count). The van der Waals surface area contributed by atoms with Crippen LogP contribution in [0.1, 0.15) is 68.8 Å². The lowest BCUT2D eigenvalue weighted by atomic mass is 9.80. The van der Waals surface area contributed by atoms with Crippen LogP contribution in [0.3, 0.4) is 0 Å². The predicted octanol–water partition coefficient (Wildman–Crippen LogP) is 3.76. The van der Waals surface area contributed by atoms with Crippen molar-refractivity contribution in [3.8, 4) is 17.1 Å². The lowest BCUT2D eigenvalue weighted by Gasteiger charge is -2.42. The Balaban J connectivity index is 1.18. The lowest BCUT2D eigenvalue weighted by Crippen LogP contribution is -2.55. The summed E-state index contributed by atoms with van der Waals surface area (Å²) in [6.45, 7) is 1.28. The molecule has 3 aliphatic rings. The summed E-state index contributed by atoms with van der Waals surface area (Å²) >= 11 is 0. The molecule has 14 heteroatoms. The summed E-state index contributed by atoms with van der Waals surface area (Å²) in [5.74, 6) is -1.29. The Morgan fingerprint density at radius 3 is 2.55 bits per heavy atom. The number of carbonyl (C=O) groups excluding carboxylic acids is 2. The van der Waals surface area contributed by atoms with E-state index in [-0.39, 0.29) is 60.6 Å². The Bertz CT molecular complexity index is 1300. The number of hydrogen-bond donors (Lipinski definition) is 3. The maximum Gasteiger partial charge on any atom is 0.417 e. The van der Waals surface area contributed by atoms with Gasteiger partial charge in [-0.25, -0.2) is 9.37 Å². The highest BCUT2D eigenvalue weighted by Crippen LogP contribution is 2.51. The number of likely N-dealkylation sites (tertiary alicyclic amines) is 1. The molecule has 1 aliphatic heterocycles. The molecule has 1 saturated heterocycles. The van der Waals surface area contributed by atoms with Crippen LogP contribution in [0.2, 0.25) is 0 Å². The molecule has 230 valence electrons. The Morgan fingerprint density at radius 2 is 1.93 bits per heavy atom. The number of aliphatic hydroxyl groups is 1. The number of alkyl halides is 3. The minimum atomic E-state index is -4.58. The van der Waals surface area contributed by atoms with E-state index in [0.717, 1.165) is 19.0 Å². The second kappa shape index (κ2) is 11.4. The van der Waals surface area contributed by atoms with Crippen molar-refractivity contribution in [1.29, 1.82) is 0 Å². The van der Waals surface area contributed by atoms with E-state index >= 15 is 0 Å². The average molecular weight is 598 g/mol. The van der Waals surface area contributed by atoms with Crippen molar-refractivity contribution in [1.82, 2.24) is 25.4 Å². The van der Waals surface area contributed by atoms with Crippen molar-refractivity contribution in [3.05, 3.63) is 29.8 Å². The number of ether oxygens (including phenoxy) is 2. The quantitative estimate of drug-likeness (QED) is 0.395. The summed E-state index contributed by atoms with van der Waals surface area (Å²) < 4.78 is 66.0. The SMILES string of the molecule is COc1cc(-c2cc(C(=O)N3CC[C@H](C(=O)N[C@H]4CC[C@@](OC[C@H](C)O)(C(F)(F)F)CC4)CC34CC4)n[nH]2)c(F)cn1. The number of rotatable bonds is 8. The fraction of sp³-hybridized carbons (Fsp3) is 0.643. The fourth-order valence-electron chi connectivity index (χ4n) is 6.13. The minimum absolute atomic E-state index is 0.110. The van der Waals surface area contributed by atoms with E-state index < -0.39 is 41.9 Å². The molecule has 0 radical (unpaired) electrons. The highest BCUT2D eigenvalue weighted by Gasteiger charge is 2.58. The Morgan fingerprint density at radius 1 is 1.21 bits per heavy atom. The summed E-state index contributed by atoms with van der Waals surface area (Å²) in [6, 6.07) is 2.47. The van der Waals surface area contributed by atoms with Gasteiger partial charge < -0.3 is 24.8 Å². The van der Waals surface area contributed by atoms with E-state index in [2.05, 4.69) is 20.5 Å². The molecule has 2 aliphatic carbocycles. The number of aromatic nitrogens is 3. The van der Waals surface area contributed by atoms with E-state index in [0.29, 0.717) is 25.1 Å². The van der Waals surface area contributed by atoms with Crippen LogP contribution in [0.25, 0.3) is 11.3 Å². The smallest absolute Gasteiger partial charge is 0.417 e. The maximum atomic E-state index is 14.4. The molecule has 1 spiro atoms. The number of piperidine rings is 1. The molecule has 42 heavy (non-hydrogen) atoms. The van der Waals surface area contributed by atoms with Crippen molar-refractivity contribution in [2.24, 2.45) is 5.92 Å². The Hall–Kier alpha value is -3.26. The zero-order valence-corrected chi connectivity index (χ0v) is 23.5. The van der Waals surface area contributed by atoms with Crippen LogP contribution in [0.4, 0.5) is 17.6 Å². The van der Waals surface area contributed by atoms with Crippen molar-refractivity contribution in [2.45, 2.75) is 87.8 Å². The summed E-state index contributed by atoms with van der Waals surface area (Å²) in [5.41, 5.74) is -2.21. The number of hydrogen-bond acceptors (Lipinski definition) is 7. The zero-order chi connectivity index (χ0) is 30.3. The van der Waals surface area contributed by atoms with Crippen molar-refractivity contribution in [2.75, 3.05) is 20.3 Å². The first-order valence-electron chi connectivity index (χ1n) is 14.1. The summed E-state index contributed by atoms with van der Waals surface area (Å²) in [5, 5.41) is 19.2. The molecule has 2 aromatic rings. The second-order valence-corrected chi connectivity index (χ2v) is 11.7. The van der Waals surface area contributed by atoms with Gasteiger partial charge in [0.2, 0.25) is 11.8 Å². The number of methoxy groups -OCH3 is 1. The Labute approximate surface area is 240 Å². The van der Waals surface area contributed by atoms with Gasteiger partial charge in [0.15, 0.2) is 17.1 Å². The fourth-order valence-corrected chi connectivity index (χ4v) is 6.13. The number of halogens is 4. The number of aliphatic hydroxyl groups excluding tert-OH is 1. The number of pyridine rings is 1. The van der Waals surface area contributed by atoms with Gasteiger partial charge >= 0.3 is 6.18 Å². The number of H-pyrrole nitrogens is 1. The molecule has 3 fully saturated rings. The number of nitrogens with zero attached hydrogens (tertiary/aromatic N) is 3. The number of nitrogens with one attached hydrogen (secondary N) is 2. The minimum Gasteiger partial charge on any atom is -0.481 e. The first-order chi connectivity index (χ1) is 19.9. The molecular weight excluding hydrogens is 562 g/mol. The topological polar surface area (TPSA) is 130 Å². The van der Waals surface area contributed by atoms with Crippen LogP contribution in [-0.4, -0.2) is 86.7 Å². The van der Waals surface area contributed by atoms with Crippen LogP contribution >= 0.6 is 0 Å².